The Morgan fingerprint density at radius 2 is 1.83 bits per heavy atom. The fraction of sp³-hybridized carbons (Fsp3) is 0.222. The normalized spacial score (nSPS) is 11.5. The summed E-state index contributed by atoms with van der Waals surface area (Å²) in [5.41, 5.74) is 2.78. The Bertz CT molecular complexity index is 719. The highest BCUT2D eigenvalue weighted by molar-refractivity contribution is 14.1. The number of rotatable bonds is 5. The number of hydrogen-bond donors (Lipinski definition) is 3. The first-order chi connectivity index (χ1) is 11.5. The van der Waals surface area contributed by atoms with Gasteiger partial charge in [-0.15, -0.1) is 0 Å². The fourth-order valence-electron chi connectivity index (χ4n) is 2.18. The van der Waals surface area contributed by atoms with E-state index in [1.165, 1.54) is 5.56 Å². The van der Waals surface area contributed by atoms with Crippen molar-refractivity contribution in [2.75, 3.05) is 11.9 Å². The van der Waals surface area contributed by atoms with Gasteiger partial charge in [-0.05, 0) is 59.7 Å². The van der Waals surface area contributed by atoms with E-state index in [4.69, 9.17) is 0 Å². The van der Waals surface area contributed by atoms with Gasteiger partial charge in [-0.25, -0.2) is 4.79 Å². The lowest BCUT2D eigenvalue weighted by molar-refractivity contribution is -0.120. The van der Waals surface area contributed by atoms with Gasteiger partial charge in [0.15, 0.2) is 0 Å². The molecule has 0 spiro atoms. The smallest absolute Gasteiger partial charge is 0.321 e. The zero-order valence-electron chi connectivity index (χ0n) is 13.6. The van der Waals surface area contributed by atoms with Crippen molar-refractivity contribution in [1.29, 1.82) is 0 Å². The quantitative estimate of drug-likeness (QED) is 0.627. The monoisotopic (exact) mass is 437 g/mol. The molecular weight excluding hydrogens is 417 g/mol. The van der Waals surface area contributed by atoms with Gasteiger partial charge in [0.1, 0.15) is 6.04 Å². The molecule has 126 valence electrons. The van der Waals surface area contributed by atoms with Gasteiger partial charge < -0.3 is 10.6 Å². The molecule has 5 nitrogen and oxygen atoms in total. The summed E-state index contributed by atoms with van der Waals surface area (Å²) in [4.78, 5) is 24.2. The molecule has 2 aromatic rings. The van der Waals surface area contributed by atoms with E-state index < -0.39 is 18.0 Å². The fourth-order valence-corrected chi connectivity index (χ4v) is 2.70. The van der Waals surface area contributed by atoms with Gasteiger partial charge in [0.25, 0.3) is 5.91 Å². The highest BCUT2D eigenvalue weighted by Crippen LogP contribution is 2.23. The molecule has 0 saturated heterocycles. The minimum atomic E-state index is -0.660. The molecule has 24 heavy (non-hydrogen) atoms. The molecular formula is C18H20IN3O2. The molecule has 0 fully saturated rings. The number of anilines is 1. The number of hydrogen-bond acceptors (Lipinski definition) is 3. The van der Waals surface area contributed by atoms with Crippen molar-refractivity contribution in [3.8, 4) is 0 Å². The molecule has 0 heterocycles. The first kappa shape index (κ1) is 18.3. The standard InChI is InChI=1S/C18H20IN3O2/c1-3-20-18(24)22-17(23)16(13-7-5-4-6-8-13)21-14-10-9-12(2)15(19)11-14/h4-11,16,21H,3H2,1-2H3,(H2,20,22,23,24). The number of urea groups is 1. The molecule has 2 rings (SSSR count). The average molecular weight is 437 g/mol. The first-order valence-corrected chi connectivity index (χ1v) is 8.75. The van der Waals surface area contributed by atoms with Crippen LogP contribution in [-0.4, -0.2) is 18.5 Å². The lowest BCUT2D eigenvalue weighted by Gasteiger charge is -2.20. The molecule has 0 aliphatic heterocycles. The number of amides is 3. The molecule has 0 saturated carbocycles. The van der Waals surface area contributed by atoms with Gasteiger partial charge in [0.2, 0.25) is 0 Å². The van der Waals surface area contributed by atoms with Crippen molar-refractivity contribution in [3.05, 3.63) is 63.2 Å². The molecule has 6 heteroatoms. The number of carbonyl (C=O) groups is 2. The number of halogens is 1. The van der Waals surface area contributed by atoms with Crippen LogP contribution in [0.4, 0.5) is 10.5 Å². The van der Waals surface area contributed by atoms with Crippen molar-refractivity contribution in [1.82, 2.24) is 10.6 Å². The van der Waals surface area contributed by atoms with Crippen molar-refractivity contribution in [2.24, 2.45) is 0 Å². The number of imide groups is 1. The third kappa shape index (κ3) is 4.95. The van der Waals surface area contributed by atoms with Crippen molar-refractivity contribution >= 4 is 40.2 Å². The van der Waals surface area contributed by atoms with Crippen LogP contribution in [-0.2, 0) is 4.79 Å². The Morgan fingerprint density at radius 1 is 1.12 bits per heavy atom. The van der Waals surface area contributed by atoms with Crippen LogP contribution in [0.1, 0.15) is 24.1 Å². The van der Waals surface area contributed by atoms with Crippen molar-refractivity contribution in [3.63, 3.8) is 0 Å². The molecule has 3 amide bonds. The molecule has 1 unspecified atom stereocenters. The second kappa shape index (κ2) is 8.68. The second-order valence-electron chi connectivity index (χ2n) is 5.30. The van der Waals surface area contributed by atoms with Gasteiger partial charge in [0, 0.05) is 15.8 Å². The maximum absolute atomic E-state index is 12.5. The summed E-state index contributed by atoms with van der Waals surface area (Å²) in [5, 5.41) is 8.15. The van der Waals surface area contributed by atoms with Crippen molar-refractivity contribution in [2.45, 2.75) is 19.9 Å². The highest BCUT2D eigenvalue weighted by atomic mass is 127. The lowest BCUT2D eigenvalue weighted by atomic mass is 10.1. The minimum Gasteiger partial charge on any atom is -0.370 e. The van der Waals surface area contributed by atoms with E-state index in [0.717, 1.165) is 14.8 Å². The van der Waals surface area contributed by atoms with Crippen LogP contribution >= 0.6 is 22.6 Å². The second-order valence-corrected chi connectivity index (χ2v) is 6.46. The Balaban J connectivity index is 2.24. The van der Waals surface area contributed by atoms with Crippen LogP contribution in [0.3, 0.4) is 0 Å². The maximum Gasteiger partial charge on any atom is 0.321 e. The van der Waals surface area contributed by atoms with Crippen LogP contribution in [0.25, 0.3) is 0 Å². The summed E-state index contributed by atoms with van der Waals surface area (Å²) in [5.74, 6) is -0.400. The van der Waals surface area contributed by atoms with Gasteiger partial charge in [-0.2, -0.15) is 0 Å². The van der Waals surface area contributed by atoms with Crippen LogP contribution in [0.2, 0.25) is 0 Å². The molecule has 0 aliphatic rings. The number of nitrogens with one attached hydrogen (secondary N) is 3. The van der Waals surface area contributed by atoms with Crippen molar-refractivity contribution < 1.29 is 9.59 Å². The molecule has 0 radical (unpaired) electrons. The predicted octanol–water partition coefficient (Wildman–Crippen LogP) is 3.60. The van der Waals surface area contributed by atoms with E-state index in [9.17, 15) is 9.59 Å². The van der Waals surface area contributed by atoms with Crippen LogP contribution in [0.15, 0.2) is 48.5 Å². The lowest BCUT2D eigenvalue weighted by Crippen LogP contribution is -2.43. The Kier molecular flexibility index (Phi) is 6.60. The number of benzene rings is 2. The van der Waals surface area contributed by atoms with Crippen LogP contribution in [0.5, 0.6) is 0 Å². The topological polar surface area (TPSA) is 70.2 Å². The van der Waals surface area contributed by atoms with Crippen LogP contribution < -0.4 is 16.0 Å². The van der Waals surface area contributed by atoms with Gasteiger partial charge in [-0.1, -0.05) is 36.4 Å². The van der Waals surface area contributed by atoms with Gasteiger partial charge in [0.05, 0.1) is 0 Å². The minimum absolute atomic E-state index is 0.400. The number of carbonyl (C=O) groups excluding carboxylic acids is 2. The highest BCUT2D eigenvalue weighted by Gasteiger charge is 2.22. The summed E-state index contributed by atoms with van der Waals surface area (Å²) in [6.45, 7) is 4.28. The Hall–Kier alpha value is -2.09. The average Bonchev–Trinajstić information content (AvgIpc) is 2.56. The summed E-state index contributed by atoms with van der Waals surface area (Å²) < 4.78 is 1.11. The van der Waals surface area contributed by atoms with E-state index in [-0.39, 0.29) is 0 Å². The summed E-state index contributed by atoms with van der Waals surface area (Å²) in [6.07, 6.45) is 0. The van der Waals surface area contributed by atoms with Crippen LogP contribution in [0, 0.1) is 10.5 Å². The molecule has 2 aromatic carbocycles. The Labute approximate surface area is 155 Å². The van der Waals surface area contributed by atoms with E-state index in [1.807, 2.05) is 55.5 Å². The first-order valence-electron chi connectivity index (χ1n) is 7.67. The summed E-state index contributed by atoms with van der Waals surface area (Å²) in [7, 11) is 0. The van der Waals surface area contributed by atoms with Gasteiger partial charge in [-0.3, -0.25) is 10.1 Å². The Morgan fingerprint density at radius 3 is 2.46 bits per heavy atom. The van der Waals surface area contributed by atoms with E-state index >= 15 is 0 Å². The van der Waals surface area contributed by atoms with E-state index in [1.54, 1.807) is 6.92 Å². The molecule has 1 atom stereocenters. The van der Waals surface area contributed by atoms with E-state index in [2.05, 4.69) is 38.5 Å². The molecule has 3 N–H and O–H groups in total. The zero-order valence-corrected chi connectivity index (χ0v) is 15.8. The van der Waals surface area contributed by atoms with Gasteiger partial charge >= 0.3 is 6.03 Å². The largest absolute Gasteiger partial charge is 0.370 e. The zero-order chi connectivity index (χ0) is 17.5. The SMILES string of the molecule is CCNC(=O)NC(=O)C(Nc1ccc(C)c(I)c1)c1ccccc1. The third-order valence-corrected chi connectivity index (χ3v) is 4.61. The molecule has 0 aromatic heterocycles. The van der Waals surface area contributed by atoms with E-state index in [0.29, 0.717) is 6.54 Å². The predicted molar refractivity (Wildman–Crippen MR) is 104 cm³/mol. The third-order valence-electron chi connectivity index (χ3n) is 3.45. The molecule has 0 aliphatic carbocycles. The molecule has 0 bridgehead atoms. The summed E-state index contributed by atoms with van der Waals surface area (Å²) in [6, 6.07) is 14.1. The maximum atomic E-state index is 12.5. The summed E-state index contributed by atoms with van der Waals surface area (Å²) >= 11 is 2.26. The number of aryl methyl sites for hydroxylation is 1.